The van der Waals surface area contributed by atoms with Crippen LogP contribution in [0.1, 0.15) is 25.0 Å². The van der Waals surface area contributed by atoms with Crippen LogP contribution in [0.25, 0.3) is 64.0 Å². The lowest BCUT2D eigenvalue weighted by Crippen LogP contribution is -2.15. The average Bonchev–Trinajstić information content (AvgIpc) is 3.65. The van der Waals surface area contributed by atoms with E-state index in [1.807, 2.05) is 11.3 Å². The van der Waals surface area contributed by atoms with Crippen molar-refractivity contribution in [2.75, 3.05) is 4.90 Å². The van der Waals surface area contributed by atoms with Gasteiger partial charge in [-0.1, -0.05) is 147 Å². The molecule has 0 atom stereocenters. The summed E-state index contributed by atoms with van der Waals surface area (Å²) in [5, 5.41) is 7.61. The van der Waals surface area contributed by atoms with E-state index in [-0.39, 0.29) is 5.41 Å². The molecule has 0 unspecified atom stereocenters. The Bertz CT molecular complexity index is 2770. The Morgan fingerprint density at radius 3 is 1.94 bits per heavy atom. The van der Waals surface area contributed by atoms with Gasteiger partial charge in [-0.25, -0.2) is 0 Å². The van der Waals surface area contributed by atoms with E-state index >= 15 is 0 Å². The fraction of sp³-hybridized carbons (Fsp3) is 0.0638. The number of benzene rings is 8. The maximum Gasteiger partial charge on any atom is 0.0555 e. The molecule has 0 fully saturated rings. The van der Waals surface area contributed by atoms with Crippen molar-refractivity contribution in [3.05, 3.63) is 175 Å². The Morgan fingerprint density at radius 1 is 0.408 bits per heavy atom. The van der Waals surface area contributed by atoms with E-state index in [1.54, 1.807) is 0 Å². The molecule has 2 heteroatoms. The van der Waals surface area contributed by atoms with Crippen LogP contribution in [0, 0.1) is 0 Å². The third-order valence-electron chi connectivity index (χ3n) is 10.7. The highest BCUT2D eigenvalue weighted by Gasteiger charge is 2.37. The summed E-state index contributed by atoms with van der Waals surface area (Å²) in [5.74, 6) is 0. The monoisotopic (exact) mass is 643 g/mol. The fourth-order valence-corrected chi connectivity index (χ4v) is 9.55. The third kappa shape index (κ3) is 4.11. The Labute approximate surface area is 290 Å². The zero-order valence-corrected chi connectivity index (χ0v) is 28.3. The van der Waals surface area contributed by atoms with Crippen LogP contribution in [-0.2, 0) is 5.41 Å². The molecule has 0 amide bonds. The molecule has 10 rings (SSSR count). The van der Waals surface area contributed by atoms with E-state index < -0.39 is 0 Å². The molecule has 49 heavy (non-hydrogen) atoms. The molecule has 0 saturated heterocycles. The van der Waals surface area contributed by atoms with E-state index in [0.29, 0.717) is 0 Å². The summed E-state index contributed by atoms with van der Waals surface area (Å²) >= 11 is 1.87. The second-order valence-electron chi connectivity index (χ2n) is 13.7. The molecule has 8 aromatic carbocycles. The van der Waals surface area contributed by atoms with Gasteiger partial charge in [0, 0.05) is 36.5 Å². The first-order valence-electron chi connectivity index (χ1n) is 17.0. The molecule has 0 spiro atoms. The van der Waals surface area contributed by atoms with Crippen LogP contribution in [-0.4, -0.2) is 0 Å². The smallest absolute Gasteiger partial charge is 0.0555 e. The minimum absolute atomic E-state index is 0.0750. The SMILES string of the molecule is CC1(C)c2ccccc2-c2c(-c3ccccc3N(c3cccc4c3ccc3ccccc34)c3cccc4sc5ccccc5c34)cccc21. The summed E-state index contributed by atoms with van der Waals surface area (Å²) in [6.07, 6.45) is 0. The number of hydrogen-bond acceptors (Lipinski definition) is 2. The van der Waals surface area contributed by atoms with Gasteiger partial charge in [-0.05, 0) is 74.3 Å². The van der Waals surface area contributed by atoms with Gasteiger partial charge >= 0.3 is 0 Å². The molecule has 1 nitrogen and oxygen atoms in total. The Balaban J connectivity index is 1.32. The van der Waals surface area contributed by atoms with Gasteiger partial charge in [0.15, 0.2) is 0 Å². The number of rotatable bonds is 4. The van der Waals surface area contributed by atoms with Crippen molar-refractivity contribution in [1.29, 1.82) is 0 Å². The maximum atomic E-state index is 2.54. The van der Waals surface area contributed by atoms with Crippen LogP contribution < -0.4 is 4.90 Å². The molecular formula is C47H33NS. The normalized spacial score (nSPS) is 13.3. The number of thiophene rings is 1. The van der Waals surface area contributed by atoms with Crippen molar-refractivity contribution in [3.8, 4) is 22.3 Å². The molecule has 0 saturated carbocycles. The van der Waals surface area contributed by atoms with Crippen molar-refractivity contribution in [2.45, 2.75) is 19.3 Å². The predicted octanol–water partition coefficient (Wildman–Crippen LogP) is 13.8. The first-order valence-corrected chi connectivity index (χ1v) is 17.8. The van der Waals surface area contributed by atoms with E-state index in [2.05, 4.69) is 183 Å². The Morgan fingerprint density at radius 2 is 1.02 bits per heavy atom. The quantitative estimate of drug-likeness (QED) is 0.173. The zero-order valence-electron chi connectivity index (χ0n) is 27.4. The van der Waals surface area contributed by atoms with Gasteiger partial charge in [0.2, 0.25) is 0 Å². The van der Waals surface area contributed by atoms with Gasteiger partial charge in [-0.2, -0.15) is 0 Å². The van der Waals surface area contributed by atoms with Crippen molar-refractivity contribution in [3.63, 3.8) is 0 Å². The molecule has 232 valence electrons. The second kappa shape index (κ2) is 10.7. The van der Waals surface area contributed by atoms with E-state index in [9.17, 15) is 0 Å². The van der Waals surface area contributed by atoms with Gasteiger partial charge in [-0.15, -0.1) is 11.3 Å². The molecule has 1 aliphatic rings. The minimum atomic E-state index is -0.0750. The second-order valence-corrected chi connectivity index (χ2v) is 14.7. The summed E-state index contributed by atoms with van der Waals surface area (Å²) in [7, 11) is 0. The highest BCUT2D eigenvalue weighted by molar-refractivity contribution is 7.26. The van der Waals surface area contributed by atoms with Crippen LogP contribution in [0.4, 0.5) is 17.1 Å². The van der Waals surface area contributed by atoms with Crippen LogP contribution in [0.3, 0.4) is 0 Å². The lowest BCUT2D eigenvalue weighted by atomic mass is 9.82. The molecule has 1 heterocycles. The molecule has 1 aromatic heterocycles. The molecule has 0 N–H and O–H groups in total. The first kappa shape index (κ1) is 28.3. The zero-order chi connectivity index (χ0) is 32.7. The fourth-order valence-electron chi connectivity index (χ4n) is 8.43. The lowest BCUT2D eigenvalue weighted by Gasteiger charge is -2.30. The Kier molecular flexibility index (Phi) is 6.16. The molecule has 0 radical (unpaired) electrons. The van der Waals surface area contributed by atoms with Gasteiger partial charge in [0.25, 0.3) is 0 Å². The van der Waals surface area contributed by atoms with E-state index in [1.165, 1.54) is 92.2 Å². The predicted molar refractivity (Wildman–Crippen MR) is 212 cm³/mol. The summed E-state index contributed by atoms with van der Waals surface area (Å²) in [6.45, 7) is 4.73. The van der Waals surface area contributed by atoms with Crippen LogP contribution in [0.5, 0.6) is 0 Å². The van der Waals surface area contributed by atoms with Crippen LogP contribution >= 0.6 is 11.3 Å². The summed E-state index contributed by atoms with van der Waals surface area (Å²) < 4.78 is 2.60. The molecular weight excluding hydrogens is 611 g/mol. The van der Waals surface area contributed by atoms with Crippen molar-refractivity contribution >= 4 is 70.1 Å². The van der Waals surface area contributed by atoms with Gasteiger partial charge in [-0.3, -0.25) is 0 Å². The van der Waals surface area contributed by atoms with E-state index in [4.69, 9.17) is 0 Å². The molecule has 1 aliphatic carbocycles. The highest BCUT2D eigenvalue weighted by Crippen LogP contribution is 2.55. The summed E-state index contributed by atoms with van der Waals surface area (Å²) in [5.41, 5.74) is 11.4. The first-order chi connectivity index (χ1) is 24.1. The van der Waals surface area contributed by atoms with Crippen molar-refractivity contribution in [1.82, 2.24) is 0 Å². The largest absolute Gasteiger partial charge is 0.309 e. The lowest BCUT2D eigenvalue weighted by molar-refractivity contribution is 0.660. The third-order valence-corrected chi connectivity index (χ3v) is 11.8. The van der Waals surface area contributed by atoms with Crippen LogP contribution in [0.2, 0.25) is 0 Å². The topological polar surface area (TPSA) is 3.24 Å². The highest BCUT2D eigenvalue weighted by atomic mass is 32.1. The van der Waals surface area contributed by atoms with Crippen LogP contribution in [0.15, 0.2) is 164 Å². The number of hydrogen-bond donors (Lipinski definition) is 0. The van der Waals surface area contributed by atoms with Gasteiger partial charge < -0.3 is 4.90 Å². The summed E-state index contributed by atoms with van der Waals surface area (Å²) in [4.78, 5) is 2.54. The number of nitrogens with zero attached hydrogens (tertiary/aromatic N) is 1. The number of fused-ring (bicyclic) bond motifs is 9. The molecule has 9 aromatic rings. The standard InChI is InChI=1S/C47H33NS/c1-47(2)38-21-8-5-17-36(38)45-35(20-11-22-39(45)47)33-16-6-9-23-40(33)48(42-25-13-27-44-46(42)37-18-7-10-26-43(37)49-44)41-24-12-19-32-31-15-4-3-14-30(31)28-29-34(32)41/h3-29H,1-2H3. The number of anilines is 3. The van der Waals surface area contributed by atoms with E-state index in [0.717, 1.165) is 0 Å². The number of para-hydroxylation sites is 1. The Hall–Kier alpha value is -5.70. The van der Waals surface area contributed by atoms with Crippen molar-refractivity contribution in [2.24, 2.45) is 0 Å². The summed E-state index contributed by atoms with van der Waals surface area (Å²) in [6, 6.07) is 60.7. The molecule has 0 bridgehead atoms. The molecule has 0 aliphatic heterocycles. The van der Waals surface area contributed by atoms with Crippen molar-refractivity contribution < 1.29 is 0 Å². The average molecular weight is 644 g/mol. The maximum absolute atomic E-state index is 2.54. The minimum Gasteiger partial charge on any atom is -0.309 e. The van der Waals surface area contributed by atoms with Gasteiger partial charge in [0.05, 0.1) is 17.1 Å². The van der Waals surface area contributed by atoms with Gasteiger partial charge in [0.1, 0.15) is 0 Å².